The lowest BCUT2D eigenvalue weighted by molar-refractivity contribution is 0.360. The smallest absolute Gasteiger partial charge is 0.140 e. The van der Waals surface area contributed by atoms with Crippen molar-refractivity contribution in [3.05, 3.63) is 17.0 Å². The lowest BCUT2D eigenvalue weighted by Gasteiger charge is -2.21. The van der Waals surface area contributed by atoms with Gasteiger partial charge in [-0.25, -0.2) is 0 Å². The van der Waals surface area contributed by atoms with Gasteiger partial charge in [0.1, 0.15) is 5.76 Å². The fourth-order valence-corrected chi connectivity index (χ4v) is 2.89. The van der Waals surface area contributed by atoms with Gasteiger partial charge in [0, 0.05) is 17.9 Å². The Morgan fingerprint density at radius 2 is 1.94 bits per heavy atom. The Hall–Kier alpha value is -0.790. The minimum atomic E-state index is 0.540. The van der Waals surface area contributed by atoms with Crippen LogP contribution in [0, 0.1) is 0 Å². The van der Waals surface area contributed by atoms with E-state index in [0.717, 1.165) is 12.2 Å². The highest BCUT2D eigenvalue weighted by Crippen LogP contribution is 2.37. The molecule has 2 nitrogen and oxygen atoms in total. The largest absolute Gasteiger partial charge is 0.361 e. The van der Waals surface area contributed by atoms with Crippen LogP contribution in [0.5, 0.6) is 0 Å². The average molecular weight is 221 g/mol. The van der Waals surface area contributed by atoms with Gasteiger partial charge in [-0.05, 0) is 18.8 Å². The second-order valence-electron chi connectivity index (χ2n) is 5.25. The van der Waals surface area contributed by atoms with Crippen LogP contribution < -0.4 is 0 Å². The minimum absolute atomic E-state index is 0.540. The fourth-order valence-electron chi connectivity index (χ4n) is 2.89. The molecule has 90 valence electrons. The van der Waals surface area contributed by atoms with Gasteiger partial charge in [0.25, 0.3) is 0 Å². The summed E-state index contributed by atoms with van der Waals surface area (Å²) < 4.78 is 5.51. The van der Waals surface area contributed by atoms with E-state index in [2.05, 4.69) is 25.9 Å². The first-order valence-electron chi connectivity index (χ1n) is 6.72. The molecule has 0 aromatic carbocycles. The Bertz CT molecular complexity index is 335. The highest BCUT2D eigenvalue weighted by Gasteiger charge is 2.25. The zero-order valence-electron chi connectivity index (χ0n) is 10.8. The first-order valence-corrected chi connectivity index (χ1v) is 6.72. The Labute approximate surface area is 98.4 Å². The molecule has 1 aliphatic rings. The van der Waals surface area contributed by atoms with Gasteiger partial charge in [-0.2, -0.15) is 0 Å². The Morgan fingerprint density at radius 3 is 2.50 bits per heavy atom. The lowest BCUT2D eigenvalue weighted by Crippen LogP contribution is -2.08. The number of rotatable bonds is 3. The van der Waals surface area contributed by atoms with Crippen molar-refractivity contribution >= 4 is 0 Å². The molecule has 1 aliphatic carbocycles. The van der Waals surface area contributed by atoms with E-state index in [0.29, 0.717) is 11.8 Å². The van der Waals surface area contributed by atoms with Gasteiger partial charge >= 0.3 is 0 Å². The molecule has 16 heavy (non-hydrogen) atoms. The highest BCUT2D eigenvalue weighted by atomic mass is 16.5. The van der Waals surface area contributed by atoms with Crippen molar-refractivity contribution in [3.8, 4) is 0 Å². The van der Waals surface area contributed by atoms with E-state index < -0.39 is 0 Å². The summed E-state index contributed by atoms with van der Waals surface area (Å²) in [7, 11) is 0. The zero-order chi connectivity index (χ0) is 11.5. The third kappa shape index (κ3) is 2.16. The maximum Gasteiger partial charge on any atom is 0.140 e. The van der Waals surface area contributed by atoms with Crippen molar-refractivity contribution in [1.29, 1.82) is 0 Å². The van der Waals surface area contributed by atoms with Crippen LogP contribution >= 0.6 is 0 Å². The molecule has 0 atom stereocenters. The molecule has 0 N–H and O–H groups in total. The topological polar surface area (TPSA) is 26.0 Å². The number of hydrogen-bond donors (Lipinski definition) is 0. The molecule has 0 spiro atoms. The van der Waals surface area contributed by atoms with Gasteiger partial charge in [0.05, 0.1) is 5.69 Å². The fraction of sp³-hybridized carbons (Fsp3) is 0.786. The lowest BCUT2D eigenvalue weighted by atomic mass is 9.83. The van der Waals surface area contributed by atoms with Crippen molar-refractivity contribution in [2.45, 2.75) is 71.1 Å². The maximum absolute atomic E-state index is 5.51. The van der Waals surface area contributed by atoms with Crippen molar-refractivity contribution in [2.24, 2.45) is 0 Å². The van der Waals surface area contributed by atoms with Crippen LogP contribution in [0.15, 0.2) is 4.52 Å². The second kappa shape index (κ2) is 5.03. The van der Waals surface area contributed by atoms with Crippen LogP contribution in [-0.2, 0) is 6.42 Å². The number of hydrogen-bond acceptors (Lipinski definition) is 2. The summed E-state index contributed by atoms with van der Waals surface area (Å²) in [6.07, 6.45) is 7.68. The van der Waals surface area contributed by atoms with E-state index in [4.69, 9.17) is 4.52 Å². The van der Waals surface area contributed by atoms with Gasteiger partial charge < -0.3 is 4.52 Å². The molecular formula is C14H23NO. The van der Waals surface area contributed by atoms with Crippen LogP contribution in [0.25, 0.3) is 0 Å². The third-order valence-electron chi connectivity index (χ3n) is 3.72. The van der Waals surface area contributed by atoms with Gasteiger partial charge in [-0.3, -0.25) is 0 Å². The van der Waals surface area contributed by atoms with Crippen molar-refractivity contribution in [3.63, 3.8) is 0 Å². The van der Waals surface area contributed by atoms with E-state index >= 15 is 0 Å². The maximum atomic E-state index is 5.51. The van der Waals surface area contributed by atoms with Crippen LogP contribution in [0.1, 0.15) is 81.7 Å². The first-order chi connectivity index (χ1) is 7.74. The zero-order valence-corrected chi connectivity index (χ0v) is 10.8. The summed E-state index contributed by atoms with van der Waals surface area (Å²) >= 11 is 0. The molecule has 1 aromatic heterocycles. The van der Waals surface area contributed by atoms with E-state index in [1.807, 2.05) is 0 Å². The summed E-state index contributed by atoms with van der Waals surface area (Å²) in [4.78, 5) is 0. The summed E-state index contributed by atoms with van der Waals surface area (Å²) in [5.41, 5.74) is 2.67. The molecule has 1 heterocycles. The summed E-state index contributed by atoms with van der Waals surface area (Å²) in [6.45, 7) is 6.65. The summed E-state index contributed by atoms with van der Waals surface area (Å²) in [5.74, 6) is 2.31. The van der Waals surface area contributed by atoms with E-state index in [9.17, 15) is 0 Å². The van der Waals surface area contributed by atoms with Gasteiger partial charge in [0.2, 0.25) is 0 Å². The van der Waals surface area contributed by atoms with Crippen LogP contribution in [0.4, 0.5) is 0 Å². The van der Waals surface area contributed by atoms with Crippen molar-refractivity contribution in [2.75, 3.05) is 0 Å². The molecule has 1 fully saturated rings. The number of aryl methyl sites for hydroxylation is 1. The normalized spacial score (nSPS) is 18.2. The highest BCUT2D eigenvalue weighted by molar-refractivity contribution is 5.29. The molecule has 0 amide bonds. The predicted molar refractivity (Wildman–Crippen MR) is 65.8 cm³/mol. The van der Waals surface area contributed by atoms with Crippen molar-refractivity contribution < 1.29 is 4.52 Å². The number of aromatic nitrogens is 1. The minimum Gasteiger partial charge on any atom is -0.361 e. The molecule has 1 aromatic rings. The molecule has 0 unspecified atom stereocenters. The van der Waals surface area contributed by atoms with Crippen molar-refractivity contribution in [1.82, 2.24) is 5.16 Å². The third-order valence-corrected chi connectivity index (χ3v) is 3.72. The molecule has 2 rings (SSSR count). The Kier molecular flexibility index (Phi) is 3.67. The van der Waals surface area contributed by atoms with E-state index in [1.54, 1.807) is 0 Å². The van der Waals surface area contributed by atoms with Gasteiger partial charge in [0.15, 0.2) is 0 Å². The van der Waals surface area contributed by atoms with E-state index in [1.165, 1.54) is 43.4 Å². The molecule has 1 saturated carbocycles. The second-order valence-corrected chi connectivity index (χ2v) is 5.25. The van der Waals surface area contributed by atoms with Gasteiger partial charge in [-0.15, -0.1) is 0 Å². The standard InChI is InChI=1S/C14H23NO/c1-4-12-13(10(2)3)14(15-16-12)11-8-6-5-7-9-11/h10-11H,4-9H2,1-3H3. The molecule has 0 saturated heterocycles. The van der Waals surface area contributed by atoms with Crippen LogP contribution in [-0.4, -0.2) is 5.16 Å². The summed E-state index contributed by atoms with van der Waals surface area (Å²) in [6, 6.07) is 0. The molecule has 0 aliphatic heterocycles. The van der Waals surface area contributed by atoms with E-state index in [-0.39, 0.29) is 0 Å². The first kappa shape index (κ1) is 11.7. The van der Waals surface area contributed by atoms with Crippen LogP contribution in [0.3, 0.4) is 0 Å². The number of nitrogens with zero attached hydrogens (tertiary/aromatic N) is 1. The Morgan fingerprint density at radius 1 is 1.25 bits per heavy atom. The van der Waals surface area contributed by atoms with Crippen LogP contribution in [0.2, 0.25) is 0 Å². The molecule has 0 bridgehead atoms. The molecule has 0 radical (unpaired) electrons. The SMILES string of the molecule is CCc1onc(C2CCCCC2)c1C(C)C. The average Bonchev–Trinajstić information content (AvgIpc) is 2.73. The monoisotopic (exact) mass is 221 g/mol. The quantitative estimate of drug-likeness (QED) is 0.755. The molecular weight excluding hydrogens is 198 g/mol. The predicted octanol–water partition coefficient (Wildman–Crippen LogP) is 4.41. The Balaban J connectivity index is 2.28. The molecule has 2 heteroatoms. The van der Waals surface area contributed by atoms with Gasteiger partial charge in [-0.1, -0.05) is 45.2 Å². The summed E-state index contributed by atoms with van der Waals surface area (Å²) in [5, 5.41) is 4.36.